The first-order valence-electron chi connectivity index (χ1n) is 6.74. The maximum atomic E-state index is 14.2. The molecular weight excluding hydrogens is 229 g/mol. The van der Waals surface area contributed by atoms with Crippen LogP contribution in [0.5, 0.6) is 5.75 Å². The fourth-order valence-electron chi connectivity index (χ4n) is 2.63. The molecule has 0 unspecified atom stereocenters. The highest BCUT2D eigenvalue weighted by atomic mass is 19.1. The zero-order chi connectivity index (χ0) is 13.1. The number of rotatable bonds is 3. The van der Waals surface area contributed by atoms with Gasteiger partial charge in [0.1, 0.15) is 11.6 Å². The van der Waals surface area contributed by atoms with E-state index in [9.17, 15) is 4.39 Å². The molecule has 1 N–H and O–H groups in total. The Morgan fingerprint density at radius 2 is 2.17 bits per heavy atom. The van der Waals surface area contributed by atoms with E-state index in [0.717, 1.165) is 25.1 Å². The molecule has 2 rings (SSSR count). The summed E-state index contributed by atoms with van der Waals surface area (Å²) in [5, 5.41) is 3.34. The van der Waals surface area contributed by atoms with Crippen LogP contribution in [-0.2, 0) is 0 Å². The molecule has 0 amide bonds. The number of halogens is 1. The molecule has 1 saturated heterocycles. The van der Waals surface area contributed by atoms with Crippen LogP contribution in [0.15, 0.2) is 18.2 Å². The second-order valence-corrected chi connectivity index (χ2v) is 5.43. The molecule has 1 heterocycles. The van der Waals surface area contributed by atoms with E-state index >= 15 is 0 Å². The number of hydrogen-bond donors (Lipinski definition) is 1. The first kappa shape index (κ1) is 13.3. The summed E-state index contributed by atoms with van der Waals surface area (Å²) in [5.74, 6) is 1.28. The summed E-state index contributed by atoms with van der Waals surface area (Å²) in [5.41, 5.74) is 0.833. The Kier molecular flexibility index (Phi) is 4.23. The first-order chi connectivity index (χ1) is 8.58. The van der Waals surface area contributed by atoms with Crippen LogP contribution in [0.1, 0.15) is 38.7 Å². The number of benzene rings is 1. The van der Waals surface area contributed by atoms with E-state index in [1.54, 1.807) is 0 Å². The van der Waals surface area contributed by atoms with Gasteiger partial charge < -0.3 is 10.1 Å². The summed E-state index contributed by atoms with van der Waals surface area (Å²) < 4.78 is 19.7. The van der Waals surface area contributed by atoms with Crippen LogP contribution in [0.3, 0.4) is 0 Å². The lowest BCUT2D eigenvalue weighted by atomic mass is 9.82. The average Bonchev–Trinajstić information content (AvgIpc) is 2.30. The monoisotopic (exact) mass is 251 g/mol. The molecule has 1 aliphatic heterocycles. The van der Waals surface area contributed by atoms with Gasteiger partial charge in [0, 0.05) is 6.07 Å². The maximum absolute atomic E-state index is 14.2. The Bertz CT molecular complexity index is 405. The van der Waals surface area contributed by atoms with E-state index in [4.69, 9.17) is 4.74 Å². The third-order valence-electron chi connectivity index (χ3n) is 3.53. The highest BCUT2D eigenvalue weighted by Gasteiger charge is 2.25. The molecule has 3 heteroatoms. The molecule has 2 nitrogen and oxygen atoms in total. The van der Waals surface area contributed by atoms with Crippen molar-refractivity contribution in [2.24, 2.45) is 5.92 Å². The Balaban J connectivity index is 2.18. The number of piperidine rings is 1. The summed E-state index contributed by atoms with van der Waals surface area (Å²) in [6.07, 6.45) is 1.08. The summed E-state index contributed by atoms with van der Waals surface area (Å²) in [7, 11) is 0. The number of hydrogen-bond acceptors (Lipinski definition) is 2. The molecule has 1 fully saturated rings. The molecule has 0 radical (unpaired) electrons. The molecule has 1 aliphatic rings. The third-order valence-corrected chi connectivity index (χ3v) is 3.53. The molecule has 0 aromatic heterocycles. The van der Waals surface area contributed by atoms with Gasteiger partial charge in [0.15, 0.2) is 0 Å². The van der Waals surface area contributed by atoms with Crippen LogP contribution in [0, 0.1) is 11.7 Å². The summed E-state index contributed by atoms with van der Waals surface area (Å²) in [6.45, 7) is 8.00. The minimum Gasteiger partial charge on any atom is -0.491 e. The molecule has 0 saturated carbocycles. The molecular formula is C15H22FNO. The topological polar surface area (TPSA) is 21.3 Å². The van der Waals surface area contributed by atoms with E-state index in [-0.39, 0.29) is 11.9 Å². The predicted octanol–water partition coefficient (Wildman–Crippen LogP) is 3.33. The minimum absolute atomic E-state index is 0.0769. The molecule has 0 bridgehead atoms. The largest absolute Gasteiger partial charge is 0.491 e. The number of nitrogens with one attached hydrogen (secondary N) is 1. The predicted molar refractivity (Wildman–Crippen MR) is 71.6 cm³/mol. The highest BCUT2D eigenvalue weighted by molar-refractivity contribution is 5.32. The quantitative estimate of drug-likeness (QED) is 0.889. The van der Waals surface area contributed by atoms with Gasteiger partial charge in [0.05, 0.1) is 6.10 Å². The molecule has 100 valence electrons. The van der Waals surface area contributed by atoms with E-state index in [2.05, 4.69) is 12.2 Å². The lowest BCUT2D eigenvalue weighted by molar-refractivity contribution is 0.241. The molecule has 0 aliphatic carbocycles. The van der Waals surface area contributed by atoms with Crippen molar-refractivity contribution in [3.8, 4) is 5.75 Å². The first-order valence-corrected chi connectivity index (χ1v) is 6.74. The van der Waals surface area contributed by atoms with Crippen LogP contribution >= 0.6 is 0 Å². The van der Waals surface area contributed by atoms with Gasteiger partial charge >= 0.3 is 0 Å². The van der Waals surface area contributed by atoms with Crippen molar-refractivity contribution >= 4 is 0 Å². The fraction of sp³-hybridized carbons (Fsp3) is 0.600. The third kappa shape index (κ3) is 3.02. The van der Waals surface area contributed by atoms with Gasteiger partial charge in [-0.15, -0.1) is 0 Å². The van der Waals surface area contributed by atoms with Crippen LogP contribution in [0.4, 0.5) is 4.39 Å². The normalized spacial score (nSPS) is 24.3. The van der Waals surface area contributed by atoms with Crippen LogP contribution in [-0.4, -0.2) is 19.2 Å². The maximum Gasteiger partial charge on any atom is 0.130 e. The zero-order valence-corrected chi connectivity index (χ0v) is 11.4. The van der Waals surface area contributed by atoms with Crippen molar-refractivity contribution in [2.45, 2.75) is 39.2 Å². The Labute approximate surface area is 109 Å². The Morgan fingerprint density at radius 3 is 2.78 bits per heavy atom. The van der Waals surface area contributed by atoms with Crippen molar-refractivity contribution < 1.29 is 9.13 Å². The fourth-order valence-corrected chi connectivity index (χ4v) is 2.63. The molecule has 0 spiro atoms. The van der Waals surface area contributed by atoms with Crippen molar-refractivity contribution in [1.29, 1.82) is 0 Å². The van der Waals surface area contributed by atoms with Gasteiger partial charge in [-0.25, -0.2) is 4.39 Å². The van der Waals surface area contributed by atoms with Crippen LogP contribution < -0.4 is 10.1 Å². The van der Waals surface area contributed by atoms with E-state index < -0.39 is 0 Å². The van der Waals surface area contributed by atoms with Gasteiger partial charge in [-0.05, 0) is 56.8 Å². The van der Waals surface area contributed by atoms with Gasteiger partial charge in [0.2, 0.25) is 0 Å². The highest BCUT2D eigenvalue weighted by Crippen LogP contribution is 2.33. The average molecular weight is 251 g/mol. The van der Waals surface area contributed by atoms with E-state index in [0.29, 0.717) is 17.6 Å². The zero-order valence-electron chi connectivity index (χ0n) is 11.4. The lowest BCUT2D eigenvalue weighted by Crippen LogP contribution is -2.34. The minimum atomic E-state index is -0.132. The Hall–Kier alpha value is -1.09. The standard InChI is InChI=1S/C15H22FNO/c1-10(2)18-12-4-5-14(15(16)8-12)13-6-7-17-9-11(13)3/h4-5,8,10-11,13,17H,6-7,9H2,1-3H3/t11-,13+/m1/s1. The second-order valence-electron chi connectivity index (χ2n) is 5.43. The van der Waals surface area contributed by atoms with E-state index in [1.807, 2.05) is 26.0 Å². The number of ether oxygens (including phenoxy) is 1. The molecule has 2 atom stereocenters. The second kappa shape index (κ2) is 5.70. The van der Waals surface area contributed by atoms with Gasteiger partial charge in [0.25, 0.3) is 0 Å². The van der Waals surface area contributed by atoms with Crippen molar-refractivity contribution in [1.82, 2.24) is 5.32 Å². The summed E-state index contributed by atoms with van der Waals surface area (Å²) in [4.78, 5) is 0. The van der Waals surface area contributed by atoms with Crippen molar-refractivity contribution in [2.75, 3.05) is 13.1 Å². The lowest BCUT2D eigenvalue weighted by Gasteiger charge is -2.30. The smallest absolute Gasteiger partial charge is 0.130 e. The van der Waals surface area contributed by atoms with E-state index in [1.165, 1.54) is 6.07 Å². The Morgan fingerprint density at radius 1 is 1.39 bits per heavy atom. The van der Waals surface area contributed by atoms with Crippen LogP contribution in [0.2, 0.25) is 0 Å². The molecule has 1 aromatic carbocycles. The van der Waals surface area contributed by atoms with Crippen molar-refractivity contribution in [3.05, 3.63) is 29.6 Å². The molecule has 18 heavy (non-hydrogen) atoms. The van der Waals surface area contributed by atoms with Gasteiger partial charge in [-0.3, -0.25) is 0 Å². The SMILES string of the molecule is CC(C)Oc1ccc([C@H]2CCNC[C@H]2C)c(F)c1. The summed E-state index contributed by atoms with van der Waals surface area (Å²) in [6, 6.07) is 5.29. The van der Waals surface area contributed by atoms with Crippen molar-refractivity contribution in [3.63, 3.8) is 0 Å². The molecule has 1 aromatic rings. The summed E-state index contributed by atoms with van der Waals surface area (Å²) >= 11 is 0. The van der Waals surface area contributed by atoms with Gasteiger partial charge in [-0.2, -0.15) is 0 Å². The van der Waals surface area contributed by atoms with Crippen LogP contribution in [0.25, 0.3) is 0 Å². The van der Waals surface area contributed by atoms with Gasteiger partial charge in [-0.1, -0.05) is 13.0 Å².